The molecule has 124 valence electrons. The Kier molecular flexibility index (Phi) is 4.70. The Bertz CT molecular complexity index is 528. The topological polar surface area (TPSA) is 54.5 Å². The van der Waals surface area contributed by atoms with Crippen LogP contribution in [0.2, 0.25) is 0 Å². The molecule has 0 spiro atoms. The first-order valence-electron chi connectivity index (χ1n) is 7.75. The second kappa shape index (κ2) is 6.07. The van der Waals surface area contributed by atoms with Gasteiger partial charge in [-0.3, -0.25) is 0 Å². The average Bonchev–Trinajstić information content (AvgIpc) is 2.91. The first-order valence-corrected chi connectivity index (χ1v) is 8.63. The quantitative estimate of drug-likeness (QED) is 0.903. The highest BCUT2D eigenvalue weighted by Crippen LogP contribution is 2.30. The highest BCUT2D eigenvalue weighted by Gasteiger charge is 2.28. The number of aromatic nitrogens is 1. The Labute approximate surface area is 137 Å². The van der Waals surface area contributed by atoms with E-state index in [4.69, 9.17) is 9.72 Å². The molecule has 6 heteroatoms. The van der Waals surface area contributed by atoms with E-state index in [0.717, 1.165) is 30.3 Å². The van der Waals surface area contributed by atoms with Crippen molar-refractivity contribution < 1.29 is 9.53 Å². The summed E-state index contributed by atoms with van der Waals surface area (Å²) in [5.74, 6) is 0. The number of hydrogen-bond donors (Lipinski definition) is 1. The van der Waals surface area contributed by atoms with Gasteiger partial charge < -0.3 is 15.0 Å². The predicted molar refractivity (Wildman–Crippen MR) is 90.8 cm³/mol. The Balaban J connectivity index is 1.90. The molecule has 1 atom stereocenters. The lowest BCUT2D eigenvalue weighted by atomic mass is 9.93. The Morgan fingerprint density at radius 1 is 1.36 bits per heavy atom. The van der Waals surface area contributed by atoms with Crippen LogP contribution >= 0.6 is 11.3 Å². The molecule has 0 bridgehead atoms. The first kappa shape index (κ1) is 17.1. The van der Waals surface area contributed by atoms with Gasteiger partial charge in [-0.25, -0.2) is 9.78 Å². The van der Waals surface area contributed by atoms with Crippen LogP contribution in [0.25, 0.3) is 0 Å². The van der Waals surface area contributed by atoms with E-state index >= 15 is 0 Å². The lowest BCUT2D eigenvalue weighted by molar-refractivity contribution is 0.0509. The van der Waals surface area contributed by atoms with Gasteiger partial charge in [0.1, 0.15) is 5.60 Å². The van der Waals surface area contributed by atoms with E-state index in [1.54, 1.807) is 11.3 Å². The lowest BCUT2D eigenvalue weighted by Crippen LogP contribution is -2.40. The second-order valence-corrected chi connectivity index (χ2v) is 8.68. The fourth-order valence-corrected chi connectivity index (χ4v) is 3.37. The summed E-state index contributed by atoms with van der Waals surface area (Å²) in [7, 11) is 0. The summed E-state index contributed by atoms with van der Waals surface area (Å²) in [6.45, 7) is 13.8. The Hall–Kier alpha value is -1.30. The van der Waals surface area contributed by atoms with Gasteiger partial charge in [0.05, 0.1) is 11.7 Å². The zero-order valence-electron chi connectivity index (χ0n) is 14.4. The zero-order chi connectivity index (χ0) is 16.5. The molecule has 2 rings (SSSR count). The van der Waals surface area contributed by atoms with Gasteiger partial charge >= 0.3 is 6.09 Å². The first-order chi connectivity index (χ1) is 10.0. The van der Waals surface area contributed by atoms with Crippen molar-refractivity contribution in [1.29, 1.82) is 0 Å². The van der Waals surface area contributed by atoms with E-state index in [2.05, 4.69) is 36.4 Å². The minimum absolute atomic E-state index is 0.0721. The van der Waals surface area contributed by atoms with Crippen molar-refractivity contribution >= 4 is 22.6 Å². The van der Waals surface area contributed by atoms with Gasteiger partial charge in [0, 0.05) is 23.9 Å². The van der Waals surface area contributed by atoms with E-state index in [9.17, 15) is 4.79 Å². The fourth-order valence-electron chi connectivity index (χ4n) is 2.28. The van der Waals surface area contributed by atoms with Crippen molar-refractivity contribution in [2.45, 2.75) is 65.0 Å². The minimum atomic E-state index is -0.459. The van der Waals surface area contributed by atoms with Crippen LogP contribution in [0.1, 0.15) is 53.7 Å². The third-order valence-electron chi connectivity index (χ3n) is 3.44. The van der Waals surface area contributed by atoms with Crippen LogP contribution in [0, 0.1) is 0 Å². The van der Waals surface area contributed by atoms with E-state index in [0.29, 0.717) is 0 Å². The van der Waals surface area contributed by atoms with Crippen LogP contribution in [0.5, 0.6) is 0 Å². The van der Waals surface area contributed by atoms with Crippen LogP contribution in [0.15, 0.2) is 5.38 Å². The Morgan fingerprint density at radius 3 is 2.59 bits per heavy atom. The van der Waals surface area contributed by atoms with Crippen molar-refractivity contribution in [3.8, 4) is 0 Å². The SMILES string of the molecule is CC(C)(C)OC(=O)N[C@@H]1CCN(c2nc(C(C)(C)C)cs2)C1. The van der Waals surface area contributed by atoms with Crippen molar-refractivity contribution in [2.24, 2.45) is 0 Å². The average molecular weight is 325 g/mol. The molecule has 0 radical (unpaired) electrons. The van der Waals surface area contributed by atoms with Crippen LogP contribution in [-0.4, -0.2) is 35.8 Å². The normalized spacial score (nSPS) is 19.4. The summed E-state index contributed by atoms with van der Waals surface area (Å²) >= 11 is 1.68. The number of anilines is 1. The summed E-state index contributed by atoms with van der Waals surface area (Å²) in [6, 6.07) is 0.122. The van der Waals surface area contributed by atoms with Gasteiger partial charge in [0.25, 0.3) is 0 Å². The number of amides is 1. The molecule has 22 heavy (non-hydrogen) atoms. The van der Waals surface area contributed by atoms with Gasteiger partial charge in [-0.1, -0.05) is 20.8 Å². The van der Waals surface area contributed by atoms with Crippen molar-refractivity contribution in [2.75, 3.05) is 18.0 Å². The molecular weight excluding hydrogens is 298 g/mol. The van der Waals surface area contributed by atoms with Crippen molar-refractivity contribution in [1.82, 2.24) is 10.3 Å². The molecule has 0 aliphatic carbocycles. The molecule has 0 aromatic carbocycles. The number of nitrogens with one attached hydrogen (secondary N) is 1. The third-order valence-corrected chi connectivity index (χ3v) is 4.34. The molecule has 0 unspecified atom stereocenters. The maximum atomic E-state index is 11.8. The smallest absolute Gasteiger partial charge is 0.407 e. The number of thiazole rings is 1. The van der Waals surface area contributed by atoms with E-state index in [1.807, 2.05) is 20.8 Å². The molecule has 1 fully saturated rings. The van der Waals surface area contributed by atoms with Crippen molar-refractivity contribution in [3.63, 3.8) is 0 Å². The predicted octanol–water partition coefficient (Wildman–Crippen LogP) is 3.54. The summed E-state index contributed by atoms with van der Waals surface area (Å²) < 4.78 is 5.31. The third kappa shape index (κ3) is 4.60. The Morgan fingerprint density at radius 2 is 2.05 bits per heavy atom. The summed E-state index contributed by atoms with van der Waals surface area (Å²) in [4.78, 5) is 18.8. The molecule has 1 aliphatic heterocycles. The van der Waals surface area contributed by atoms with Gasteiger partial charge in [0.2, 0.25) is 0 Å². The number of hydrogen-bond acceptors (Lipinski definition) is 5. The number of nitrogens with zero attached hydrogens (tertiary/aromatic N) is 2. The van der Waals surface area contributed by atoms with Gasteiger partial charge in [0.15, 0.2) is 5.13 Å². The van der Waals surface area contributed by atoms with Crippen LogP contribution in [0.4, 0.5) is 9.93 Å². The molecule has 1 N–H and O–H groups in total. The molecule has 5 nitrogen and oxygen atoms in total. The lowest BCUT2D eigenvalue weighted by Gasteiger charge is -2.22. The largest absolute Gasteiger partial charge is 0.444 e. The standard InChI is InChI=1S/C16H27N3O2S/c1-15(2,3)12-10-22-13(18-12)19-8-7-11(9-19)17-14(20)21-16(4,5)6/h10-11H,7-9H2,1-6H3,(H,17,20)/t11-/m1/s1. The highest BCUT2D eigenvalue weighted by molar-refractivity contribution is 7.13. The summed E-state index contributed by atoms with van der Waals surface area (Å²) in [6.07, 6.45) is 0.581. The molecule has 1 saturated heterocycles. The summed E-state index contributed by atoms with van der Waals surface area (Å²) in [5, 5.41) is 6.12. The maximum Gasteiger partial charge on any atom is 0.407 e. The molecule has 1 aromatic rings. The number of carbonyl (C=O) groups is 1. The minimum Gasteiger partial charge on any atom is -0.444 e. The van der Waals surface area contributed by atoms with E-state index in [-0.39, 0.29) is 17.6 Å². The molecule has 0 saturated carbocycles. The van der Waals surface area contributed by atoms with Crippen LogP contribution in [-0.2, 0) is 10.2 Å². The molecule has 2 heterocycles. The maximum absolute atomic E-state index is 11.8. The molecule has 1 aromatic heterocycles. The van der Waals surface area contributed by atoms with Gasteiger partial charge in [-0.05, 0) is 27.2 Å². The number of rotatable bonds is 2. The number of ether oxygens (including phenoxy) is 1. The molecule has 1 aliphatic rings. The molecule has 1 amide bonds. The van der Waals surface area contributed by atoms with Crippen molar-refractivity contribution in [3.05, 3.63) is 11.1 Å². The fraction of sp³-hybridized carbons (Fsp3) is 0.750. The van der Waals surface area contributed by atoms with Crippen LogP contribution in [0.3, 0.4) is 0 Å². The van der Waals surface area contributed by atoms with Crippen LogP contribution < -0.4 is 10.2 Å². The number of carbonyl (C=O) groups excluding carboxylic acids is 1. The monoisotopic (exact) mass is 325 g/mol. The zero-order valence-corrected chi connectivity index (χ0v) is 15.2. The summed E-state index contributed by atoms with van der Waals surface area (Å²) in [5.41, 5.74) is 0.734. The second-order valence-electron chi connectivity index (χ2n) is 7.84. The highest BCUT2D eigenvalue weighted by atomic mass is 32.1. The van der Waals surface area contributed by atoms with Gasteiger partial charge in [-0.15, -0.1) is 11.3 Å². The van der Waals surface area contributed by atoms with E-state index in [1.165, 1.54) is 0 Å². The molecular formula is C16H27N3O2S. The van der Waals surface area contributed by atoms with Gasteiger partial charge in [-0.2, -0.15) is 0 Å². The number of alkyl carbamates (subject to hydrolysis) is 1. The van der Waals surface area contributed by atoms with E-state index < -0.39 is 5.60 Å².